The zero-order chi connectivity index (χ0) is 13.9. The first-order chi connectivity index (χ1) is 9.70. The van der Waals surface area contributed by atoms with Crippen LogP contribution in [0.1, 0.15) is 12.0 Å². The Morgan fingerprint density at radius 2 is 2.15 bits per heavy atom. The molecule has 1 saturated heterocycles. The summed E-state index contributed by atoms with van der Waals surface area (Å²) in [5.41, 5.74) is 2.06. The van der Waals surface area contributed by atoms with Gasteiger partial charge in [-0.2, -0.15) is 8.78 Å². The molecule has 0 spiro atoms. The molecule has 108 valence electrons. The monoisotopic (exact) mass is 281 g/mol. The topological polar surface area (TPSA) is 30.5 Å². The van der Waals surface area contributed by atoms with Crippen LogP contribution < -0.4 is 10.1 Å². The first-order valence-corrected chi connectivity index (χ1v) is 6.77. The summed E-state index contributed by atoms with van der Waals surface area (Å²) in [6, 6.07) is 7.55. The van der Waals surface area contributed by atoms with Gasteiger partial charge in [-0.05, 0) is 24.5 Å². The lowest BCUT2D eigenvalue weighted by atomic mass is 9.92. The van der Waals surface area contributed by atoms with Gasteiger partial charge < -0.3 is 14.8 Å². The van der Waals surface area contributed by atoms with E-state index in [0.29, 0.717) is 25.7 Å². The van der Waals surface area contributed by atoms with Crippen molar-refractivity contribution in [1.29, 1.82) is 0 Å². The van der Waals surface area contributed by atoms with Crippen molar-refractivity contribution >= 4 is 0 Å². The van der Waals surface area contributed by atoms with Gasteiger partial charge in [-0.15, -0.1) is 0 Å². The molecule has 20 heavy (non-hydrogen) atoms. The molecule has 3 nitrogen and oxygen atoms in total. The molecule has 5 heteroatoms. The molecule has 2 aliphatic rings. The number of rotatable bonds is 4. The highest BCUT2D eigenvalue weighted by atomic mass is 19.3. The van der Waals surface area contributed by atoms with E-state index in [0.717, 1.165) is 12.0 Å². The van der Waals surface area contributed by atoms with E-state index < -0.39 is 6.61 Å². The number of morpholine rings is 1. The Kier molecular flexibility index (Phi) is 3.98. The van der Waals surface area contributed by atoms with E-state index in [1.54, 1.807) is 12.1 Å². The Bertz CT molecular complexity index is 504. The van der Waals surface area contributed by atoms with Gasteiger partial charge in [0, 0.05) is 12.1 Å². The molecule has 2 atom stereocenters. The van der Waals surface area contributed by atoms with Crippen molar-refractivity contribution in [2.24, 2.45) is 0 Å². The van der Waals surface area contributed by atoms with Crippen LogP contribution in [0.3, 0.4) is 0 Å². The average molecular weight is 281 g/mol. The van der Waals surface area contributed by atoms with Crippen LogP contribution in [0.5, 0.6) is 5.75 Å². The summed E-state index contributed by atoms with van der Waals surface area (Å²) in [6.45, 7) is -1.40. The summed E-state index contributed by atoms with van der Waals surface area (Å²) in [6.07, 6.45) is 3.69. The first-order valence-electron chi connectivity index (χ1n) is 6.77. The van der Waals surface area contributed by atoms with Crippen molar-refractivity contribution in [2.45, 2.75) is 31.5 Å². The van der Waals surface area contributed by atoms with Crippen LogP contribution in [0, 0.1) is 0 Å². The average Bonchev–Trinajstić information content (AvgIpc) is 2.40. The van der Waals surface area contributed by atoms with Gasteiger partial charge in [0.25, 0.3) is 0 Å². The predicted molar refractivity (Wildman–Crippen MR) is 71.0 cm³/mol. The Hall–Kier alpha value is -1.46. The Morgan fingerprint density at radius 1 is 1.30 bits per heavy atom. The lowest BCUT2D eigenvalue weighted by Gasteiger charge is -2.35. The molecular formula is C15H17F2NO2. The van der Waals surface area contributed by atoms with Crippen LogP contribution in [0.2, 0.25) is 0 Å². The van der Waals surface area contributed by atoms with E-state index in [-0.39, 0.29) is 11.8 Å². The second kappa shape index (κ2) is 5.89. The van der Waals surface area contributed by atoms with E-state index in [2.05, 4.69) is 16.1 Å². The normalized spacial score (nSPS) is 25.4. The van der Waals surface area contributed by atoms with Gasteiger partial charge in [0.15, 0.2) is 0 Å². The van der Waals surface area contributed by atoms with E-state index in [1.165, 1.54) is 5.57 Å². The molecule has 1 aromatic rings. The lowest BCUT2D eigenvalue weighted by molar-refractivity contribution is -0.0504. The molecule has 2 aliphatic heterocycles. The fraction of sp³-hybridized carbons (Fsp3) is 0.467. The third-order valence-electron chi connectivity index (χ3n) is 3.62. The maximum absolute atomic E-state index is 12.4. The minimum Gasteiger partial charge on any atom is -0.435 e. The number of benzene rings is 1. The van der Waals surface area contributed by atoms with Crippen molar-refractivity contribution in [2.75, 3.05) is 13.2 Å². The van der Waals surface area contributed by atoms with Crippen molar-refractivity contribution < 1.29 is 18.3 Å². The summed E-state index contributed by atoms with van der Waals surface area (Å²) in [5.74, 6) is 0.267. The zero-order valence-electron chi connectivity index (χ0n) is 11.0. The Balaban J connectivity index is 1.76. The van der Waals surface area contributed by atoms with E-state index in [9.17, 15) is 8.78 Å². The SMILES string of the molecule is FC(F)Oc1ccccc1CC1=CC2COCC(C1)N2. The van der Waals surface area contributed by atoms with Crippen LogP contribution in [0.15, 0.2) is 35.9 Å². The van der Waals surface area contributed by atoms with Crippen LogP contribution in [-0.2, 0) is 11.2 Å². The molecule has 2 unspecified atom stereocenters. The smallest absolute Gasteiger partial charge is 0.387 e. The minimum atomic E-state index is -2.79. The Morgan fingerprint density at radius 3 is 2.95 bits per heavy atom. The quantitative estimate of drug-likeness (QED) is 0.860. The number of fused-ring (bicyclic) bond motifs is 2. The minimum absolute atomic E-state index is 0.237. The van der Waals surface area contributed by atoms with Gasteiger partial charge in [-0.1, -0.05) is 29.8 Å². The van der Waals surface area contributed by atoms with Crippen LogP contribution in [0.25, 0.3) is 0 Å². The van der Waals surface area contributed by atoms with E-state index in [4.69, 9.17) is 4.74 Å². The molecule has 2 bridgehead atoms. The highest BCUT2D eigenvalue weighted by Gasteiger charge is 2.26. The number of ether oxygens (including phenoxy) is 2. The molecule has 2 heterocycles. The fourth-order valence-electron chi connectivity index (χ4n) is 2.86. The summed E-state index contributed by atoms with van der Waals surface area (Å²) in [7, 11) is 0. The maximum atomic E-state index is 12.4. The zero-order valence-corrected chi connectivity index (χ0v) is 11.0. The molecule has 0 aliphatic carbocycles. The molecule has 1 aromatic carbocycles. The molecule has 0 radical (unpaired) electrons. The first kappa shape index (κ1) is 13.5. The number of halogens is 2. The van der Waals surface area contributed by atoms with Gasteiger partial charge in [0.05, 0.1) is 13.2 Å². The van der Waals surface area contributed by atoms with Gasteiger partial charge in [0.1, 0.15) is 5.75 Å². The van der Waals surface area contributed by atoms with Gasteiger partial charge in [0.2, 0.25) is 0 Å². The van der Waals surface area contributed by atoms with Crippen LogP contribution >= 0.6 is 0 Å². The Labute approximate surface area is 116 Å². The predicted octanol–water partition coefficient (Wildman–Crippen LogP) is 2.52. The maximum Gasteiger partial charge on any atom is 0.387 e. The highest BCUT2D eigenvalue weighted by molar-refractivity contribution is 5.37. The van der Waals surface area contributed by atoms with Gasteiger partial charge in [-0.3, -0.25) is 0 Å². The second-order valence-corrected chi connectivity index (χ2v) is 5.20. The second-order valence-electron chi connectivity index (χ2n) is 5.20. The fourth-order valence-corrected chi connectivity index (χ4v) is 2.86. The molecule has 0 saturated carbocycles. The molecule has 0 amide bonds. The van der Waals surface area contributed by atoms with Crippen molar-refractivity contribution in [1.82, 2.24) is 5.32 Å². The van der Waals surface area contributed by atoms with E-state index >= 15 is 0 Å². The van der Waals surface area contributed by atoms with Gasteiger partial charge in [-0.25, -0.2) is 0 Å². The number of nitrogens with one attached hydrogen (secondary N) is 1. The largest absolute Gasteiger partial charge is 0.435 e. The number of alkyl halides is 2. The third kappa shape index (κ3) is 3.16. The molecular weight excluding hydrogens is 264 g/mol. The van der Waals surface area contributed by atoms with Crippen LogP contribution in [0.4, 0.5) is 8.78 Å². The summed E-state index contributed by atoms with van der Waals surface area (Å²) in [4.78, 5) is 0. The third-order valence-corrected chi connectivity index (χ3v) is 3.62. The molecule has 0 aromatic heterocycles. The van der Waals surface area contributed by atoms with Gasteiger partial charge >= 0.3 is 6.61 Å². The molecule has 1 N–H and O–H groups in total. The lowest BCUT2D eigenvalue weighted by Crippen LogP contribution is -2.50. The standard InChI is InChI=1S/C15H17F2NO2/c16-15(17)20-14-4-2-1-3-11(14)5-10-6-12-8-19-9-13(7-10)18-12/h1-4,6,12-13,15,18H,5,7-9H2. The van der Waals surface area contributed by atoms with Crippen molar-refractivity contribution in [3.63, 3.8) is 0 Å². The number of para-hydroxylation sites is 1. The summed E-state index contributed by atoms with van der Waals surface area (Å²) >= 11 is 0. The molecule has 1 fully saturated rings. The number of hydrogen-bond acceptors (Lipinski definition) is 3. The van der Waals surface area contributed by atoms with Crippen molar-refractivity contribution in [3.8, 4) is 5.75 Å². The van der Waals surface area contributed by atoms with E-state index in [1.807, 2.05) is 12.1 Å². The molecule has 3 rings (SSSR count). The van der Waals surface area contributed by atoms with Crippen molar-refractivity contribution in [3.05, 3.63) is 41.5 Å². The highest BCUT2D eigenvalue weighted by Crippen LogP contribution is 2.27. The number of hydrogen-bond donors (Lipinski definition) is 1. The van der Waals surface area contributed by atoms with Crippen LogP contribution in [-0.4, -0.2) is 31.9 Å². The summed E-state index contributed by atoms with van der Waals surface area (Å²) < 4.78 is 34.9. The summed E-state index contributed by atoms with van der Waals surface area (Å²) in [5, 5.41) is 3.46.